The minimum absolute atomic E-state index is 0.0343. The first-order valence-electron chi connectivity index (χ1n) is 5.66. The molecule has 2 rings (SSSR count). The van der Waals surface area contributed by atoms with Crippen LogP contribution in [0.3, 0.4) is 0 Å². The number of carbonyl (C=O) groups is 1. The maximum absolute atomic E-state index is 12.7. The molecule has 9 heteroatoms. The maximum atomic E-state index is 12.7. The summed E-state index contributed by atoms with van der Waals surface area (Å²) in [4.78, 5) is 11.0. The number of thiophene rings is 1. The van der Waals surface area contributed by atoms with Gasteiger partial charge >= 0.3 is 5.97 Å². The van der Waals surface area contributed by atoms with Crippen LogP contribution in [0.15, 0.2) is 44.4 Å². The Hall–Kier alpha value is -1.58. The minimum Gasteiger partial charge on any atom is -0.480 e. The SMILES string of the molecule is Nc1ccccc1N(CC(=O)O)S(=O)(=O)c1sccc1Br. The molecule has 2 aromatic rings. The number of benzene rings is 1. The largest absolute Gasteiger partial charge is 0.480 e. The second-order valence-electron chi connectivity index (χ2n) is 4.02. The quantitative estimate of drug-likeness (QED) is 0.763. The van der Waals surface area contributed by atoms with Crippen molar-refractivity contribution in [3.05, 3.63) is 40.2 Å². The summed E-state index contributed by atoms with van der Waals surface area (Å²) in [5.41, 5.74) is 6.11. The fraction of sp³-hybridized carbons (Fsp3) is 0.0833. The molecule has 1 aromatic carbocycles. The summed E-state index contributed by atoms with van der Waals surface area (Å²) in [6, 6.07) is 7.82. The van der Waals surface area contributed by atoms with Crippen LogP contribution in [-0.2, 0) is 14.8 Å². The van der Waals surface area contributed by atoms with E-state index in [1.54, 1.807) is 23.6 Å². The summed E-state index contributed by atoms with van der Waals surface area (Å²) < 4.78 is 26.6. The molecule has 0 amide bonds. The maximum Gasteiger partial charge on any atom is 0.324 e. The number of sulfonamides is 1. The lowest BCUT2D eigenvalue weighted by Gasteiger charge is -2.23. The third-order valence-corrected chi connectivity index (χ3v) is 7.00. The van der Waals surface area contributed by atoms with Crippen LogP contribution in [0.25, 0.3) is 0 Å². The fourth-order valence-electron chi connectivity index (χ4n) is 1.70. The Kier molecular flexibility index (Phi) is 4.55. The highest BCUT2D eigenvalue weighted by molar-refractivity contribution is 9.10. The first-order chi connectivity index (χ1) is 9.84. The number of hydrogen-bond acceptors (Lipinski definition) is 5. The van der Waals surface area contributed by atoms with Gasteiger partial charge in [-0.05, 0) is 39.5 Å². The molecule has 0 saturated carbocycles. The smallest absolute Gasteiger partial charge is 0.324 e. The summed E-state index contributed by atoms with van der Waals surface area (Å²) in [5, 5.41) is 10.6. The Bertz CT molecular complexity index is 773. The first kappa shape index (κ1) is 15.8. The van der Waals surface area contributed by atoms with E-state index >= 15 is 0 Å². The summed E-state index contributed by atoms with van der Waals surface area (Å²) in [6.45, 7) is -0.707. The average molecular weight is 391 g/mol. The lowest BCUT2D eigenvalue weighted by atomic mass is 10.3. The van der Waals surface area contributed by atoms with Gasteiger partial charge in [0.2, 0.25) is 0 Å². The standard InChI is InChI=1S/C12H11BrN2O4S2/c13-8-5-6-20-12(8)21(18,19)15(7-11(16)17)10-4-2-1-3-9(10)14/h1-6H,7,14H2,(H,16,17). The van der Waals surface area contributed by atoms with Gasteiger partial charge in [-0.3, -0.25) is 9.10 Å². The fourth-order valence-corrected chi connectivity index (χ4v) is 5.55. The van der Waals surface area contributed by atoms with E-state index < -0.39 is 22.5 Å². The van der Waals surface area contributed by atoms with Crippen molar-refractivity contribution in [2.75, 3.05) is 16.6 Å². The van der Waals surface area contributed by atoms with Gasteiger partial charge in [0.25, 0.3) is 10.0 Å². The predicted molar refractivity (Wildman–Crippen MR) is 85.0 cm³/mol. The number of aliphatic carboxylic acids is 1. The van der Waals surface area contributed by atoms with Crippen LogP contribution >= 0.6 is 27.3 Å². The normalized spacial score (nSPS) is 11.3. The van der Waals surface area contributed by atoms with Crippen LogP contribution in [-0.4, -0.2) is 26.0 Å². The zero-order valence-electron chi connectivity index (χ0n) is 10.6. The van der Waals surface area contributed by atoms with Gasteiger partial charge in [-0.15, -0.1) is 11.3 Å². The zero-order chi connectivity index (χ0) is 15.6. The zero-order valence-corrected chi connectivity index (χ0v) is 13.8. The van der Waals surface area contributed by atoms with E-state index in [0.717, 1.165) is 15.6 Å². The molecule has 0 bridgehead atoms. The highest BCUT2D eigenvalue weighted by Crippen LogP contribution is 2.34. The Morgan fingerprint density at radius 1 is 1.33 bits per heavy atom. The van der Waals surface area contributed by atoms with Gasteiger partial charge in [-0.1, -0.05) is 12.1 Å². The lowest BCUT2D eigenvalue weighted by molar-refractivity contribution is -0.135. The number of hydrogen-bond donors (Lipinski definition) is 2. The molecule has 0 spiro atoms. The van der Waals surface area contributed by atoms with Crippen LogP contribution in [0.5, 0.6) is 0 Å². The Balaban J connectivity index is 2.59. The minimum atomic E-state index is -4.01. The van der Waals surface area contributed by atoms with Gasteiger partial charge in [0.1, 0.15) is 6.54 Å². The number of nitrogens with two attached hydrogens (primary N) is 1. The van der Waals surface area contributed by atoms with Gasteiger partial charge < -0.3 is 10.8 Å². The molecule has 6 nitrogen and oxygen atoms in total. The number of carboxylic acid groups (broad SMARTS) is 1. The van der Waals surface area contributed by atoms with Crippen LogP contribution in [0.4, 0.5) is 11.4 Å². The number of carboxylic acids is 1. The molecule has 21 heavy (non-hydrogen) atoms. The van der Waals surface area contributed by atoms with Crippen molar-refractivity contribution < 1.29 is 18.3 Å². The van der Waals surface area contributed by atoms with Gasteiger partial charge in [-0.25, -0.2) is 8.42 Å². The molecule has 3 N–H and O–H groups in total. The van der Waals surface area contributed by atoms with E-state index in [-0.39, 0.29) is 15.6 Å². The number of para-hydroxylation sites is 2. The molecule has 0 radical (unpaired) electrons. The van der Waals surface area contributed by atoms with Gasteiger partial charge in [0.05, 0.1) is 11.4 Å². The van der Waals surface area contributed by atoms with E-state index in [2.05, 4.69) is 15.9 Å². The van der Waals surface area contributed by atoms with Crippen molar-refractivity contribution in [2.45, 2.75) is 4.21 Å². The highest BCUT2D eigenvalue weighted by atomic mass is 79.9. The molecule has 1 aromatic heterocycles. The summed E-state index contributed by atoms with van der Waals surface area (Å²) in [5.74, 6) is -1.27. The number of nitrogen functional groups attached to an aromatic ring is 1. The Morgan fingerprint density at radius 3 is 2.52 bits per heavy atom. The van der Waals surface area contributed by atoms with Gasteiger partial charge in [0, 0.05) is 4.47 Å². The predicted octanol–water partition coefficient (Wildman–Crippen LogP) is 2.37. The molecular formula is C12H11BrN2O4S2. The topological polar surface area (TPSA) is 101 Å². The Morgan fingerprint density at radius 2 is 2.00 bits per heavy atom. The number of rotatable bonds is 5. The van der Waals surface area contributed by atoms with Gasteiger partial charge in [-0.2, -0.15) is 0 Å². The number of anilines is 2. The van der Waals surface area contributed by atoms with Gasteiger partial charge in [0.15, 0.2) is 4.21 Å². The van der Waals surface area contributed by atoms with Crippen LogP contribution in [0, 0.1) is 0 Å². The Labute approximate surface area is 134 Å². The molecule has 0 atom stereocenters. The lowest BCUT2D eigenvalue weighted by Crippen LogP contribution is -2.36. The van der Waals surface area contributed by atoms with Crippen molar-refractivity contribution in [1.82, 2.24) is 0 Å². The summed E-state index contributed by atoms with van der Waals surface area (Å²) in [7, 11) is -4.01. The highest BCUT2D eigenvalue weighted by Gasteiger charge is 2.30. The molecule has 0 aliphatic carbocycles. The third-order valence-electron chi connectivity index (χ3n) is 2.59. The molecule has 0 fully saturated rings. The summed E-state index contributed by atoms with van der Waals surface area (Å²) >= 11 is 4.16. The summed E-state index contributed by atoms with van der Waals surface area (Å²) in [6.07, 6.45) is 0. The second-order valence-corrected chi connectivity index (χ2v) is 7.85. The van der Waals surface area contributed by atoms with Crippen LogP contribution < -0.4 is 10.0 Å². The van der Waals surface area contributed by atoms with Crippen molar-refractivity contribution in [2.24, 2.45) is 0 Å². The van der Waals surface area contributed by atoms with E-state index in [0.29, 0.717) is 4.47 Å². The first-order valence-corrected chi connectivity index (χ1v) is 8.77. The molecular weight excluding hydrogens is 380 g/mol. The van der Waals surface area contributed by atoms with Crippen LogP contribution in [0.1, 0.15) is 0 Å². The molecule has 0 aliphatic rings. The molecule has 1 heterocycles. The van der Waals surface area contributed by atoms with E-state index in [4.69, 9.17) is 10.8 Å². The van der Waals surface area contributed by atoms with E-state index in [9.17, 15) is 13.2 Å². The molecule has 112 valence electrons. The number of halogens is 1. The second kappa shape index (κ2) is 6.04. The van der Waals surface area contributed by atoms with Crippen molar-refractivity contribution in [3.8, 4) is 0 Å². The molecule has 0 unspecified atom stereocenters. The van der Waals surface area contributed by atoms with Crippen molar-refractivity contribution >= 4 is 54.6 Å². The molecule has 0 aliphatic heterocycles. The third kappa shape index (κ3) is 3.20. The van der Waals surface area contributed by atoms with E-state index in [1.165, 1.54) is 12.1 Å². The van der Waals surface area contributed by atoms with Crippen molar-refractivity contribution in [1.29, 1.82) is 0 Å². The van der Waals surface area contributed by atoms with Crippen molar-refractivity contribution in [3.63, 3.8) is 0 Å². The van der Waals surface area contributed by atoms with E-state index in [1.807, 2.05) is 0 Å². The number of nitrogens with zero attached hydrogens (tertiary/aromatic N) is 1. The van der Waals surface area contributed by atoms with Crippen LogP contribution in [0.2, 0.25) is 0 Å². The molecule has 0 saturated heterocycles. The monoisotopic (exact) mass is 390 g/mol. The average Bonchev–Trinajstić information content (AvgIpc) is 2.83.